The van der Waals surface area contributed by atoms with Crippen LogP contribution in [-0.2, 0) is 9.59 Å². The first-order valence-corrected chi connectivity index (χ1v) is 2.56. The number of carboxylic acids is 2. The summed E-state index contributed by atoms with van der Waals surface area (Å²) in [5.41, 5.74) is 0. The Kier molecular flexibility index (Phi) is 7.21. The van der Waals surface area contributed by atoms with Crippen molar-refractivity contribution in [2.24, 2.45) is 0 Å². The summed E-state index contributed by atoms with van der Waals surface area (Å²) in [5, 5.41) is 16.1. The highest BCUT2D eigenvalue weighted by molar-refractivity contribution is 5.75. The van der Waals surface area contributed by atoms with Gasteiger partial charge in [0.05, 0.1) is 0 Å². The van der Waals surface area contributed by atoms with Gasteiger partial charge in [-0.3, -0.25) is 9.59 Å². The van der Waals surface area contributed by atoms with E-state index in [1.165, 1.54) is 0 Å². The molecule has 0 rings (SSSR count). The van der Waals surface area contributed by atoms with Crippen LogP contribution in [0.3, 0.4) is 0 Å². The fourth-order valence-corrected chi connectivity index (χ4v) is 0.391. The molecule has 0 aliphatic carbocycles. The van der Waals surface area contributed by atoms with Crippen molar-refractivity contribution in [1.29, 1.82) is 0 Å². The van der Waals surface area contributed by atoms with Gasteiger partial charge in [0.25, 0.3) is 0 Å². The highest BCUT2D eigenvalue weighted by Gasteiger charge is 1.99. The van der Waals surface area contributed by atoms with Crippen LogP contribution in [0.4, 0.5) is 0 Å². The van der Waals surface area contributed by atoms with Crippen molar-refractivity contribution in [3.63, 3.8) is 0 Å². The van der Waals surface area contributed by atoms with E-state index in [0.717, 1.165) is 0 Å². The monoisotopic (exact) mass is 143 g/mol. The van der Waals surface area contributed by atoms with E-state index < -0.39 is 11.9 Å². The van der Waals surface area contributed by atoms with Crippen molar-refractivity contribution < 1.29 is 19.8 Å². The summed E-state index contributed by atoms with van der Waals surface area (Å²) in [4.78, 5) is 19.6. The maximum atomic E-state index is 9.79. The van der Waals surface area contributed by atoms with Gasteiger partial charge in [-0.05, 0) is 6.42 Å². The molecule has 3 radical (unpaired) electrons. The van der Waals surface area contributed by atoms with E-state index in [1.54, 1.807) is 0 Å². The molecule has 0 aliphatic rings. The van der Waals surface area contributed by atoms with Gasteiger partial charge in [0, 0.05) is 21.3 Å². The predicted molar refractivity (Wildman–Crippen MR) is 34.9 cm³/mol. The van der Waals surface area contributed by atoms with Crippen LogP contribution < -0.4 is 0 Å². The van der Waals surface area contributed by atoms with E-state index in [2.05, 4.69) is 0 Å². The fraction of sp³-hybridized carbons (Fsp3) is 0.600. The number of carbonyl (C=O) groups is 2. The van der Waals surface area contributed by atoms with Crippen LogP contribution in [-0.4, -0.2) is 30.6 Å². The number of hydrogen-bond donors (Lipinski definition) is 2. The van der Waals surface area contributed by atoms with Crippen molar-refractivity contribution in [1.82, 2.24) is 0 Å². The molecule has 0 aliphatic heterocycles. The highest BCUT2D eigenvalue weighted by Crippen LogP contribution is 1.93. The average Bonchev–Trinajstić information content (AvgIpc) is 1.63. The van der Waals surface area contributed by atoms with Crippen molar-refractivity contribution in [2.75, 3.05) is 0 Å². The quantitative estimate of drug-likeness (QED) is 0.540. The molecule has 0 atom stereocenters. The number of aliphatic carboxylic acids is 2. The number of carboxylic acid groups (broad SMARTS) is 2. The van der Waals surface area contributed by atoms with Crippen molar-refractivity contribution in [3.05, 3.63) is 0 Å². The van der Waals surface area contributed by atoms with E-state index in [1.807, 2.05) is 0 Å². The summed E-state index contributed by atoms with van der Waals surface area (Å²) in [7, 11) is 0. The van der Waals surface area contributed by atoms with Crippen LogP contribution in [0.5, 0.6) is 0 Å². The fourth-order valence-electron chi connectivity index (χ4n) is 0.391. The summed E-state index contributed by atoms with van der Waals surface area (Å²) in [5.74, 6) is -1.90. The topological polar surface area (TPSA) is 74.6 Å². The number of rotatable bonds is 4. The first-order valence-electron chi connectivity index (χ1n) is 2.56. The van der Waals surface area contributed by atoms with Crippen LogP contribution in [0.2, 0.25) is 0 Å². The van der Waals surface area contributed by atoms with Gasteiger partial charge in [0.2, 0.25) is 0 Å². The maximum Gasteiger partial charge on any atom is 0.303 e. The molecule has 0 amide bonds. The normalized spacial score (nSPS) is 8.00. The molecule has 0 heterocycles. The molecule has 2 N–H and O–H groups in total. The van der Waals surface area contributed by atoms with Gasteiger partial charge < -0.3 is 10.2 Å². The molecule has 10 heavy (non-hydrogen) atoms. The SMILES string of the molecule is O=C(O)CCCC(=O)O.[B]. The lowest BCUT2D eigenvalue weighted by Gasteiger charge is -1.89. The second-order valence-electron chi connectivity index (χ2n) is 1.64. The Hall–Kier alpha value is -0.995. The lowest BCUT2D eigenvalue weighted by atomic mass is 10.2. The van der Waals surface area contributed by atoms with Gasteiger partial charge in [0.15, 0.2) is 0 Å². The summed E-state index contributed by atoms with van der Waals surface area (Å²) < 4.78 is 0. The minimum atomic E-state index is -0.948. The third-order valence-electron chi connectivity index (χ3n) is 0.781. The molecule has 0 saturated heterocycles. The molecular formula is C5H8BO4. The van der Waals surface area contributed by atoms with Gasteiger partial charge in [-0.25, -0.2) is 0 Å². The van der Waals surface area contributed by atoms with E-state index in [0.29, 0.717) is 0 Å². The zero-order valence-electron chi connectivity index (χ0n) is 5.41. The molecule has 0 unspecified atom stereocenters. The lowest BCUT2D eigenvalue weighted by molar-refractivity contribution is -0.138. The van der Waals surface area contributed by atoms with E-state index >= 15 is 0 Å². The molecule has 0 saturated carbocycles. The van der Waals surface area contributed by atoms with Crippen molar-refractivity contribution >= 4 is 20.4 Å². The van der Waals surface area contributed by atoms with Crippen LogP contribution in [0.25, 0.3) is 0 Å². The molecule has 0 aromatic heterocycles. The first kappa shape index (κ1) is 11.8. The molecule has 0 fully saturated rings. The Morgan fingerprint density at radius 2 is 1.30 bits per heavy atom. The minimum absolute atomic E-state index is 0. The van der Waals surface area contributed by atoms with Gasteiger partial charge in [-0.2, -0.15) is 0 Å². The molecule has 55 valence electrons. The van der Waals surface area contributed by atoms with E-state index in [-0.39, 0.29) is 27.7 Å². The van der Waals surface area contributed by atoms with Crippen LogP contribution >= 0.6 is 0 Å². The van der Waals surface area contributed by atoms with Crippen molar-refractivity contribution in [3.8, 4) is 0 Å². The summed E-state index contributed by atoms with van der Waals surface area (Å²) in [6.07, 6.45) is 0.0866. The third-order valence-corrected chi connectivity index (χ3v) is 0.781. The number of hydrogen-bond acceptors (Lipinski definition) is 2. The largest absolute Gasteiger partial charge is 0.481 e. The van der Waals surface area contributed by atoms with E-state index in [4.69, 9.17) is 10.2 Å². The van der Waals surface area contributed by atoms with Gasteiger partial charge in [-0.1, -0.05) is 0 Å². The molecule has 4 nitrogen and oxygen atoms in total. The molecule has 0 aromatic rings. The minimum Gasteiger partial charge on any atom is -0.481 e. The first-order chi connectivity index (χ1) is 4.13. The standard InChI is InChI=1S/C5H8O4.B/c6-4(7)2-1-3-5(8)9;/h1-3H2,(H,6,7)(H,8,9);. The van der Waals surface area contributed by atoms with E-state index in [9.17, 15) is 9.59 Å². The van der Waals surface area contributed by atoms with Crippen LogP contribution in [0.15, 0.2) is 0 Å². The van der Waals surface area contributed by atoms with Gasteiger partial charge in [0.1, 0.15) is 0 Å². The van der Waals surface area contributed by atoms with Crippen LogP contribution in [0.1, 0.15) is 19.3 Å². The molecule has 0 aromatic carbocycles. The maximum absolute atomic E-state index is 9.79. The Morgan fingerprint density at radius 3 is 1.50 bits per heavy atom. The molecule has 5 heteroatoms. The van der Waals surface area contributed by atoms with Gasteiger partial charge >= 0.3 is 11.9 Å². The zero-order chi connectivity index (χ0) is 7.28. The Morgan fingerprint density at radius 1 is 1.00 bits per heavy atom. The highest BCUT2D eigenvalue weighted by atomic mass is 16.4. The smallest absolute Gasteiger partial charge is 0.303 e. The Bertz CT molecular complexity index is 109. The second kappa shape index (κ2) is 6.13. The van der Waals surface area contributed by atoms with Crippen molar-refractivity contribution in [2.45, 2.75) is 19.3 Å². The van der Waals surface area contributed by atoms with Gasteiger partial charge in [-0.15, -0.1) is 0 Å². The summed E-state index contributed by atoms with van der Waals surface area (Å²) >= 11 is 0. The lowest BCUT2D eigenvalue weighted by Crippen LogP contribution is -1.98. The second-order valence-corrected chi connectivity index (χ2v) is 1.64. The summed E-state index contributed by atoms with van der Waals surface area (Å²) in [6.45, 7) is 0. The third kappa shape index (κ3) is 10.1. The molecule has 0 spiro atoms. The molecule has 0 bridgehead atoms. The average molecular weight is 143 g/mol. The zero-order valence-corrected chi connectivity index (χ0v) is 5.41. The predicted octanol–water partition coefficient (Wildman–Crippen LogP) is -0.0549. The Balaban J connectivity index is 0. The summed E-state index contributed by atoms with van der Waals surface area (Å²) in [6, 6.07) is 0. The molecular weight excluding hydrogens is 135 g/mol. The van der Waals surface area contributed by atoms with Crippen LogP contribution in [0, 0.1) is 0 Å². The Labute approximate surface area is 60.4 Å².